The summed E-state index contributed by atoms with van der Waals surface area (Å²) in [5.41, 5.74) is 1.32. The van der Waals surface area contributed by atoms with Crippen molar-refractivity contribution in [1.82, 2.24) is 15.0 Å². The van der Waals surface area contributed by atoms with Gasteiger partial charge in [-0.15, -0.1) is 5.10 Å². The summed E-state index contributed by atoms with van der Waals surface area (Å²) in [4.78, 5) is 0. The van der Waals surface area contributed by atoms with Gasteiger partial charge in [0.15, 0.2) is 5.69 Å². The molecule has 0 N–H and O–H groups in total. The molecule has 0 aliphatic carbocycles. The second-order valence-electron chi connectivity index (χ2n) is 5.20. The van der Waals surface area contributed by atoms with E-state index in [2.05, 4.69) is 23.3 Å². The standard InChI is InChI=1S/C17H22N4O2/c1-3-4-11-21-17(16(13-18)19-20-21)6-5-12-23-15-9-7-14(22-2)8-10-15/h7-10H,3-6,11-12H2,1-2H3. The molecule has 0 atom stereocenters. The zero-order valence-corrected chi connectivity index (χ0v) is 13.7. The SMILES string of the molecule is CCCCn1nnc(C#N)c1CCCOc1ccc(OC)cc1. The minimum atomic E-state index is 0.422. The third-order valence-corrected chi connectivity index (χ3v) is 3.55. The number of hydrogen-bond donors (Lipinski definition) is 0. The lowest BCUT2D eigenvalue weighted by atomic mass is 10.2. The average Bonchev–Trinajstić information content (AvgIpc) is 2.99. The van der Waals surface area contributed by atoms with Crippen LogP contribution >= 0.6 is 0 Å². The Kier molecular flexibility index (Phi) is 6.42. The molecule has 0 spiro atoms. The van der Waals surface area contributed by atoms with Crippen LogP contribution in [0.5, 0.6) is 11.5 Å². The van der Waals surface area contributed by atoms with Crippen molar-refractivity contribution < 1.29 is 9.47 Å². The summed E-state index contributed by atoms with van der Waals surface area (Å²) in [6.45, 7) is 3.51. The van der Waals surface area contributed by atoms with Gasteiger partial charge in [-0.2, -0.15) is 5.26 Å². The Hall–Kier alpha value is -2.55. The first-order valence-electron chi connectivity index (χ1n) is 7.87. The lowest BCUT2D eigenvalue weighted by Gasteiger charge is -2.08. The van der Waals surface area contributed by atoms with Crippen LogP contribution < -0.4 is 9.47 Å². The molecule has 1 aromatic carbocycles. The highest BCUT2D eigenvalue weighted by molar-refractivity contribution is 5.31. The minimum absolute atomic E-state index is 0.422. The van der Waals surface area contributed by atoms with Gasteiger partial charge in [0.25, 0.3) is 0 Å². The quantitative estimate of drug-likeness (QED) is 0.665. The molecular weight excluding hydrogens is 292 g/mol. The molecule has 0 fully saturated rings. The normalized spacial score (nSPS) is 10.3. The number of nitrogens with zero attached hydrogens (tertiary/aromatic N) is 4. The van der Waals surface area contributed by atoms with Crippen LogP contribution in [-0.2, 0) is 13.0 Å². The third-order valence-electron chi connectivity index (χ3n) is 3.55. The number of aryl methyl sites for hydroxylation is 1. The summed E-state index contributed by atoms with van der Waals surface area (Å²) >= 11 is 0. The van der Waals surface area contributed by atoms with E-state index in [-0.39, 0.29) is 0 Å². The maximum Gasteiger partial charge on any atom is 0.185 e. The predicted molar refractivity (Wildman–Crippen MR) is 86.5 cm³/mol. The van der Waals surface area contributed by atoms with E-state index in [4.69, 9.17) is 14.7 Å². The summed E-state index contributed by atoms with van der Waals surface area (Å²) in [5, 5.41) is 17.1. The van der Waals surface area contributed by atoms with E-state index in [9.17, 15) is 0 Å². The molecule has 0 aliphatic heterocycles. The number of ether oxygens (including phenoxy) is 2. The van der Waals surface area contributed by atoms with Gasteiger partial charge in [0, 0.05) is 6.54 Å². The van der Waals surface area contributed by atoms with E-state index in [1.807, 2.05) is 28.9 Å². The largest absolute Gasteiger partial charge is 0.497 e. The summed E-state index contributed by atoms with van der Waals surface area (Å²) in [6.07, 6.45) is 3.65. The first-order valence-corrected chi connectivity index (χ1v) is 7.87. The van der Waals surface area contributed by atoms with Crippen LogP contribution in [0.3, 0.4) is 0 Å². The van der Waals surface area contributed by atoms with Gasteiger partial charge in [-0.1, -0.05) is 18.6 Å². The number of rotatable bonds is 9. The van der Waals surface area contributed by atoms with Gasteiger partial charge in [0.2, 0.25) is 0 Å². The number of unbranched alkanes of at least 4 members (excludes halogenated alkanes) is 1. The van der Waals surface area contributed by atoms with Gasteiger partial charge >= 0.3 is 0 Å². The Morgan fingerprint density at radius 3 is 2.57 bits per heavy atom. The fourth-order valence-electron chi connectivity index (χ4n) is 2.26. The number of hydrogen-bond acceptors (Lipinski definition) is 5. The van der Waals surface area contributed by atoms with Crippen molar-refractivity contribution in [3.8, 4) is 17.6 Å². The lowest BCUT2D eigenvalue weighted by molar-refractivity contribution is 0.308. The van der Waals surface area contributed by atoms with Crippen LogP contribution in [0.15, 0.2) is 24.3 Å². The van der Waals surface area contributed by atoms with Crippen molar-refractivity contribution in [2.45, 2.75) is 39.2 Å². The summed E-state index contributed by atoms with van der Waals surface area (Å²) < 4.78 is 12.7. The van der Waals surface area contributed by atoms with E-state index < -0.39 is 0 Å². The Morgan fingerprint density at radius 2 is 1.91 bits per heavy atom. The van der Waals surface area contributed by atoms with Gasteiger partial charge in [-0.3, -0.25) is 0 Å². The molecule has 122 valence electrons. The van der Waals surface area contributed by atoms with Crippen LogP contribution in [-0.4, -0.2) is 28.7 Å². The molecular formula is C17H22N4O2. The minimum Gasteiger partial charge on any atom is -0.497 e. The highest BCUT2D eigenvalue weighted by Gasteiger charge is 2.11. The molecule has 0 saturated carbocycles. The molecule has 0 bridgehead atoms. The van der Waals surface area contributed by atoms with Gasteiger partial charge in [-0.05, 0) is 43.5 Å². The highest BCUT2D eigenvalue weighted by atomic mass is 16.5. The van der Waals surface area contributed by atoms with Crippen LogP contribution in [0.1, 0.15) is 37.6 Å². The molecule has 1 aromatic heterocycles. The molecule has 2 aromatic rings. The second-order valence-corrected chi connectivity index (χ2v) is 5.20. The Labute approximate surface area is 136 Å². The van der Waals surface area contributed by atoms with Gasteiger partial charge in [0.05, 0.1) is 19.4 Å². The maximum absolute atomic E-state index is 9.13. The van der Waals surface area contributed by atoms with Crippen molar-refractivity contribution in [3.63, 3.8) is 0 Å². The summed E-state index contributed by atoms with van der Waals surface area (Å²) in [5.74, 6) is 1.62. The van der Waals surface area contributed by atoms with Gasteiger partial charge < -0.3 is 9.47 Å². The van der Waals surface area contributed by atoms with Crippen molar-refractivity contribution in [2.75, 3.05) is 13.7 Å². The van der Waals surface area contributed by atoms with Crippen molar-refractivity contribution in [2.24, 2.45) is 0 Å². The highest BCUT2D eigenvalue weighted by Crippen LogP contribution is 2.17. The van der Waals surface area contributed by atoms with Gasteiger partial charge in [-0.25, -0.2) is 4.68 Å². The molecule has 0 unspecified atom stereocenters. The summed E-state index contributed by atoms with van der Waals surface area (Å²) in [6, 6.07) is 9.61. The van der Waals surface area contributed by atoms with Crippen molar-refractivity contribution >= 4 is 0 Å². The zero-order chi connectivity index (χ0) is 16.5. The first-order chi connectivity index (χ1) is 11.3. The molecule has 23 heavy (non-hydrogen) atoms. The topological polar surface area (TPSA) is 73.0 Å². The van der Waals surface area contributed by atoms with E-state index >= 15 is 0 Å². The van der Waals surface area contributed by atoms with Crippen LogP contribution in [0, 0.1) is 11.3 Å². The van der Waals surface area contributed by atoms with E-state index in [1.54, 1.807) is 7.11 Å². The van der Waals surface area contributed by atoms with Crippen LogP contribution in [0.4, 0.5) is 0 Å². The molecule has 6 heteroatoms. The van der Waals surface area contributed by atoms with Crippen LogP contribution in [0.2, 0.25) is 0 Å². The average molecular weight is 314 g/mol. The predicted octanol–water partition coefficient (Wildman–Crippen LogP) is 2.97. The van der Waals surface area contributed by atoms with E-state index in [0.717, 1.165) is 49.4 Å². The lowest BCUT2D eigenvalue weighted by Crippen LogP contribution is -2.08. The number of nitriles is 1. The van der Waals surface area contributed by atoms with Crippen LogP contribution in [0.25, 0.3) is 0 Å². The van der Waals surface area contributed by atoms with E-state index in [0.29, 0.717) is 12.3 Å². The Bertz CT molecular complexity index is 644. The monoisotopic (exact) mass is 314 g/mol. The molecule has 6 nitrogen and oxygen atoms in total. The van der Waals surface area contributed by atoms with Gasteiger partial charge in [0.1, 0.15) is 17.6 Å². The molecule has 0 radical (unpaired) electrons. The fraction of sp³-hybridized carbons (Fsp3) is 0.471. The molecule has 0 aliphatic rings. The smallest absolute Gasteiger partial charge is 0.185 e. The number of aromatic nitrogens is 3. The molecule has 0 amide bonds. The van der Waals surface area contributed by atoms with Crippen molar-refractivity contribution in [3.05, 3.63) is 35.7 Å². The first kappa shape index (κ1) is 16.8. The summed E-state index contributed by atoms with van der Waals surface area (Å²) in [7, 11) is 1.64. The molecule has 1 heterocycles. The Morgan fingerprint density at radius 1 is 1.17 bits per heavy atom. The molecule has 2 rings (SSSR count). The fourth-order valence-corrected chi connectivity index (χ4v) is 2.26. The number of benzene rings is 1. The molecule has 0 saturated heterocycles. The second kappa shape index (κ2) is 8.79. The zero-order valence-electron chi connectivity index (χ0n) is 13.7. The number of methoxy groups -OCH3 is 1. The third kappa shape index (κ3) is 4.71. The van der Waals surface area contributed by atoms with E-state index in [1.165, 1.54) is 0 Å². The maximum atomic E-state index is 9.13. The Balaban J connectivity index is 1.85. The van der Waals surface area contributed by atoms with Crippen molar-refractivity contribution in [1.29, 1.82) is 5.26 Å².